The van der Waals surface area contributed by atoms with Gasteiger partial charge in [0.25, 0.3) is 0 Å². The zero-order valence-electron chi connectivity index (χ0n) is 13.9. The molecular weight excluding hydrogens is 340 g/mol. The van der Waals surface area contributed by atoms with E-state index in [1.165, 1.54) is 24.5 Å². The maximum Gasteiger partial charge on any atom is 0.226 e. The average Bonchev–Trinajstić information content (AvgIpc) is 3.05. The van der Waals surface area contributed by atoms with Gasteiger partial charge in [-0.3, -0.25) is 9.36 Å². The fraction of sp³-hybridized carbons (Fsp3) is 0.158. The fourth-order valence-electron chi connectivity index (χ4n) is 3.23. The van der Waals surface area contributed by atoms with Crippen LogP contribution in [0.5, 0.6) is 5.75 Å². The molecule has 0 unspecified atom stereocenters. The molecule has 0 spiro atoms. The van der Waals surface area contributed by atoms with Gasteiger partial charge in [-0.25, -0.2) is 13.8 Å². The molecule has 1 aliphatic rings. The van der Waals surface area contributed by atoms with Crippen LogP contribution < -0.4 is 10.1 Å². The number of methoxy groups -OCH3 is 1. The highest BCUT2D eigenvalue weighted by molar-refractivity contribution is 5.94. The molecule has 4 rings (SSSR count). The Bertz CT molecular complexity index is 963. The normalized spacial score (nSPS) is 16.1. The molecule has 0 fully saturated rings. The van der Waals surface area contributed by atoms with Gasteiger partial charge in [0, 0.05) is 23.6 Å². The van der Waals surface area contributed by atoms with Crippen LogP contribution >= 0.6 is 0 Å². The molecule has 0 aliphatic carbocycles. The first-order valence-electron chi connectivity index (χ1n) is 8.04. The summed E-state index contributed by atoms with van der Waals surface area (Å²) in [6.45, 7) is 0. The van der Waals surface area contributed by atoms with Gasteiger partial charge in [-0.05, 0) is 36.4 Å². The lowest BCUT2D eigenvalue weighted by Crippen LogP contribution is -2.26. The van der Waals surface area contributed by atoms with Crippen LogP contribution in [0.15, 0.2) is 48.8 Å². The Morgan fingerprint density at radius 2 is 1.85 bits per heavy atom. The van der Waals surface area contributed by atoms with E-state index in [0.29, 0.717) is 17.3 Å². The molecule has 1 aromatic heterocycles. The summed E-state index contributed by atoms with van der Waals surface area (Å²) < 4.78 is 35.3. The van der Waals surface area contributed by atoms with E-state index in [1.54, 1.807) is 35.9 Å². The molecular formula is C19H15F2N3O2. The van der Waals surface area contributed by atoms with Gasteiger partial charge in [0.1, 0.15) is 29.5 Å². The maximum absolute atomic E-state index is 14.2. The number of nitrogens with one attached hydrogen (secondary N) is 1. The highest BCUT2D eigenvalue weighted by Crippen LogP contribution is 2.39. The predicted octanol–water partition coefficient (Wildman–Crippen LogP) is 3.63. The summed E-state index contributed by atoms with van der Waals surface area (Å²) >= 11 is 0. The smallest absolute Gasteiger partial charge is 0.226 e. The van der Waals surface area contributed by atoms with Crippen LogP contribution in [0.3, 0.4) is 0 Å². The largest absolute Gasteiger partial charge is 0.497 e. The Morgan fingerprint density at radius 1 is 1.15 bits per heavy atom. The van der Waals surface area contributed by atoms with E-state index in [1.807, 2.05) is 0 Å². The van der Waals surface area contributed by atoms with Crippen molar-refractivity contribution in [3.8, 4) is 11.4 Å². The zero-order valence-corrected chi connectivity index (χ0v) is 13.9. The summed E-state index contributed by atoms with van der Waals surface area (Å²) in [6.07, 6.45) is 1.47. The van der Waals surface area contributed by atoms with Gasteiger partial charge < -0.3 is 10.1 Å². The van der Waals surface area contributed by atoms with Crippen molar-refractivity contribution in [3.63, 3.8) is 0 Å². The minimum absolute atomic E-state index is 0.0650. The first-order chi connectivity index (χ1) is 12.6. The van der Waals surface area contributed by atoms with E-state index in [9.17, 15) is 13.6 Å². The van der Waals surface area contributed by atoms with Crippen LogP contribution in [0.1, 0.15) is 23.6 Å². The van der Waals surface area contributed by atoms with Crippen LogP contribution in [-0.2, 0) is 4.79 Å². The summed E-state index contributed by atoms with van der Waals surface area (Å²) in [6, 6.07) is 10.8. The van der Waals surface area contributed by atoms with Crippen LogP contribution in [0.4, 0.5) is 14.6 Å². The highest BCUT2D eigenvalue weighted by Gasteiger charge is 2.34. The Balaban J connectivity index is 1.82. The van der Waals surface area contributed by atoms with E-state index in [2.05, 4.69) is 10.3 Å². The van der Waals surface area contributed by atoms with Gasteiger partial charge in [0.05, 0.1) is 12.8 Å². The van der Waals surface area contributed by atoms with Crippen molar-refractivity contribution in [2.45, 2.75) is 12.3 Å². The summed E-state index contributed by atoms with van der Waals surface area (Å²) in [5.74, 6) is -1.36. The molecule has 132 valence electrons. The number of rotatable bonds is 3. The summed E-state index contributed by atoms with van der Waals surface area (Å²) in [5.41, 5.74) is 1.04. The van der Waals surface area contributed by atoms with Crippen LogP contribution in [0, 0.1) is 11.6 Å². The summed E-state index contributed by atoms with van der Waals surface area (Å²) in [5, 5.41) is 2.76. The molecule has 2 heterocycles. The lowest BCUT2D eigenvalue weighted by atomic mass is 9.89. The number of carbonyl (C=O) groups excluding carboxylic acids is 1. The van der Waals surface area contributed by atoms with Crippen LogP contribution in [-0.4, -0.2) is 22.6 Å². The topological polar surface area (TPSA) is 56.1 Å². The number of hydrogen-bond acceptors (Lipinski definition) is 3. The molecule has 3 aromatic rings. The Labute approximate surface area is 148 Å². The SMILES string of the molecule is COc1ccc(-n2cnc3c2NC(=O)C[C@H]3c2c(F)cccc2F)cc1. The third kappa shape index (κ3) is 2.61. The Kier molecular flexibility index (Phi) is 3.91. The quantitative estimate of drug-likeness (QED) is 0.781. The van der Waals surface area contributed by atoms with Gasteiger partial charge in [-0.1, -0.05) is 6.07 Å². The second-order valence-corrected chi connectivity index (χ2v) is 5.99. The van der Waals surface area contributed by atoms with E-state index in [-0.39, 0.29) is 17.9 Å². The molecule has 1 aliphatic heterocycles. The van der Waals surface area contributed by atoms with Gasteiger partial charge in [0.15, 0.2) is 0 Å². The molecule has 0 radical (unpaired) electrons. The predicted molar refractivity (Wildman–Crippen MR) is 91.6 cm³/mol. The van der Waals surface area contributed by atoms with E-state index in [4.69, 9.17) is 4.74 Å². The number of halogens is 2. The summed E-state index contributed by atoms with van der Waals surface area (Å²) in [4.78, 5) is 16.5. The Morgan fingerprint density at radius 3 is 2.50 bits per heavy atom. The molecule has 7 heteroatoms. The fourth-order valence-corrected chi connectivity index (χ4v) is 3.23. The molecule has 1 atom stereocenters. The molecule has 1 N–H and O–H groups in total. The van der Waals surface area contributed by atoms with Crippen LogP contribution in [0.25, 0.3) is 5.69 Å². The van der Waals surface area contributed by atoms with Crippen molar-refractivity contribution in [1.29, 1.82) is 0 Å². The number of benzene rings is 2. The minimum Gasteiger partial charge on any atom is -0.497 e. The molecule has 0 bridgehead atoms. The lowest BCUT2D eigenvalue weighted by molar-refractivity contribution is -0.116. The standard InChI is InChI=1S/C19H15F2N3O2/c1-26-12-7-5-11(6-8-12)24-10-22-18-13(9-16(25)23-19(18)24)17-14(20)3-2-4-15(17)21/h2-8,10,13H,9H2,1H3,(H,23,25)/t13-/m0/s1. The molecule has 26 heavy (non-hydrogen) atoms. The van der Waals surface area contributed by atoms with Crippen molar-refractivity contribution in [2.24, 2.45) is 0 Å². The van der Waals surface area contributed by atoms with Crippen molar-refractivity contribution in [3.05, 3.63) is 71.7 Å². The molecule has 0 saturated heterocycles. The number of amides is 1. The third-order valence-corrected chi connectivity index (χ3v) is 4.47. The first-order valence-corrected chi connectivity index (χ1v) is 8.04. The van der Waals surface area contributed by atoms with Crippen molar-refractivity contribution < 1.29 is 18.3 Å². The second-order valence-electron chi connectivity index (χ2n) is 5.99. The number of nitrogens with zero attached hydrogens (tertiary/aromatic N) is 2. The van der Waals surface area contributed by atoms with E-state index < -0.39 is 17.6 Å². The number of fused-ring (bicyclic) bond motifs is 1. The van der Waals surface area contributed by atoms with Gasteiger partial charge >= 0.3 is 0 Å². The number of anilines is 1. The average molecular weight is 355 g/mol. The lowest BCUT2D eigenvalue weighted by Gasteiger charge is -2.24. The monoisotopic (exact) mass is 355 g/mol. The molecule has 0 saturated carbocycles. The van der Waals surface area contributed by atoms with Crippen molar-refractivity contribution >= 4 is 11.7 Å². The minimum atomic E-state index is -0.778. The van der Waals surface area contributed by atoms with Crippen molar-refractivity contribution in [1.82, 2.24) is 9.55 Å². The Hall–Kier alpha value is -3.22. The maximum atomic E-state index is 14.2. The first kappa shape index (κ1) is 16.3. The zero-order chi connectivity index (χ0) is 18.3. The van der Waals surface area contributed by atoms with E-state index in [0.717, 1.165) is 5.69 Å². The number of hydrogen-bond donors (Lipinski definition) is 1. The summed E-state index contributed by atoms with van der Waals surface area (Å²) in [7, 11) is 1.57. The number of aromatic nitrogens is 2. The highest BCUT2D eigenvalue weighted by atomic mass is 19.1. The second kappa shape index (κ2) is 6.25. The number of imidazole rings is 1. The number of carbonyl (C=O) groups is 1. The molecule has 2 aromatic carbocycles. The van der Waals surface area contributed by atoms with Crippen molar-refractivity contribution in [2.75, 3.05) is 12.4 Å². The van der Waals surface area contributed by atoms with Gasteiger partial charge in [-0.15, -0.1) is 0 Å². The third-order valence-electron chi connectivity index (χ3n) is 4.47. The number of ether oxygens (including phenoxy) is 1. The molecule has 5 nitrogen and oxygen atoms in total. The van der Waals surface area contributed by atoms with Gasteiger partial charge in [0.2, 0.25) is 5.91 Å². The van der Waals surface area contributed by atoms with Crippen LogP contribution in [0.2, 0.25) is 0 Å². The molecule has 1 amide bonds. The van der Waals surface area contributed by atoms with E-state index >= 15 is 0 Å². The van der Waals surface area contributed by atoms with Gasteiger partial charge in [-0.2, -0.15) is 0 Å².